The molecular weight excluding hydrogens is 334 g/mol. The van der Waals surface area contributed by atoms with E-state index in [4.69, 9.17) is 0 Å². The van der Waals surface area contributed by atoms with Crippen molar-refractivity contribution >= 4 is 37.5 Å². The Bertz CT molecular complexity index is 494. The second-order valence-electron chi connectivity index (χ2n) is 3.50. The van der Waals surface area contributed by atoms with Crippen LogP contribution < -0.4 is 5.32 Å². The molecule has 3 nitrogen and oxygen atoms in total. The van der Waals surface area contributed by atoms with E-state index in [1.54, 1.807) is 4.68 Å². The number of hydrogen-bond donors (Lipinski definition) is 1. The number of anilines is 1. The summed E-state index contributed by atoms with van der Waals surface area (Å²) in [6.45, 7) is 0.789. The van der Waals surface area contributed by atoms with Crippen molar-refractivity contribution in [3.05, 3.63) is 45.1 Å². The van der Waals surface area contributed by atoms with Gasteiger partial charge in [0.2, 0.25) is 0 Å². The van der Waals surface area contributed by atoms with Crippen LogP contribution in [-0.4, -0.2) is 9.78 Å². The number of benzene rings is 1. The largest absolute Gasteiger partial charge is 0.378 e. The molecular formula is C11H11Br2N3. The van der Waals surface area contributed by atoms with Crippen LogP contribution in [0.2, 0.25) is 0 Å². The first kappa shape index (κ1) is 11.7. The van der Waals surface area contributed by atoms with Crippen LogP contribution in [0, 0.1) is 0 Å². The van der Waals surface area contributed by atoms with Crippen LogP contribution in [-0.2, 0) is 13.6 Å². The van der Waals surface area contributed by atoms with Crippen molar-refractivity contribution in [1.82, 2.24) is 9.78 Å². The Balaban J connectivity index is 2.02. The molecule has 1 heterocycles. The smallest absolute Gasteiger partial charge is 0.0729 e. The Morgan fingerprint density at radius 3 is 2.75 bits per heavy atom. The zero-order valence-corrected chi connectivity index (χ0v) is 11.9. The Morgan fingerprint density at radius 1 is 1.31 bits per heavy atom. The van der Waals surface area contributed by atoms with Crippen molar-refractivity contribution in [2.24, 2.45) is 7.05 Å². The van der Waals surface area contributed by atoms with E-state index in [9.17, 15) is 0 Å². The molecule has 0 atom stereocenters. The van der Waals surface area contributed by atoms with Crippen LogP contribution in [0.15, 0.2) is 39.5 Å². The summed E-state index contributed by atoms with van der Waals surface area (Å²) < 4.78 is 3.91. The Labute approximate surface area is 111 Å². The van der Waals surface area contributed by atoms with Gasteiger partial charge in [-0.2, -0.15) is 5.10 Å². The zero-order chi connectivity index (χ0) is 11.5. The number of rotatable bonds is 3. The third-order valence-corrected chi connectivity index (χ3v) is 4.07. The normalized spacial score (nSPS) is 10.4. The Kier molecular flexibility index (Phi) is 3.66. The SMILES string of the molecule is Cn1cc(NCc2ccc(Br)c(Br)c2)cn1. The molecule has 16 heavy (non-hydrogen) atoms. The monoisotopic (exact) mass is 343 g/mol. The van der Waals surface area contributed by atoms with Crippen molar-refractivity contribution in [1.29, 1.82) is 0 Å². The molecule has 0 radical (unpaired) electrons. The molecule has 0 saturated carbocycles. The van der Waals surface area contributed by atoms with Gasteiger partial charge in [0.15, 0.2) is 0 Å². The molecule has 0 aliphatic carbocycles. The molecule has 0 fully saturated rings. The van der Waals surface area contributed by atoms with Crippen LogP contribution in [0.5, 0.6) is 0 Å². The minimum Gasteiger partial charge on any atom is -0.378 e. The van der Waals surface area contributed by atoms with Crippen molar-refractivity contribution in [3.8, 4) is 0 Å². The van der Waals surface area contributed by atoms with Crippen molar-refractivity contribution in [3.63, 3.8) is 0 Å². The van der Waals surface area contributed by atoms with Gasteiger partial charge in [-0.25, -0.2) is 0 Å². The molecule has 0 spiro atoms. The summed E-state index contributed by atoms with van der Waals surface area (Å²) in [5.74, 6) is 0. The highest BCUT2D eigenvalue weighted by molar-refractivity contribution is 9.13. The maximum atomic E-state index is 4.10. The summed E-state index contributed by atoms with van der Waals surface area (Å²) in [5, 5.41) is 7.41. The third-order valence-electron chi connectivity index (χ3n) is 2.19. The summed E-state index contributed by atoms with van der Waals surface area (Å²) in [6.07, 6.45) is 3.77. The van der Waals surface area contributed by atoms with Crippen LogP contribution in [0.1, 0.15) is 5.56 Å². The van der Waals surface area contributed by atoms with Crippen LogP contribution in [0.25, 0.3) is 0 Å². The van der Waals surface area contributed by atoms with Gasteiger partial charge in [-0.05, 0) is 49.6 Å². The van der Waals surface area contributed by atoms with Gasteiger partial charge in [0, 0.05) is 28.7 Å². The minimum absolute atomic E-state index is 0.789. The Morgan fingerprint density at radius 2 is 2.12 bits per heavy atom. The van der Waals surface area contributed by atoms with E-state index in [0.717, 1.165) is 21.2 Å². The highest BCUT2D eigenvalue weighted by Crippen LogP contribution is 2.24. The second kappa shape index (κ2) is 5.01. The van der Waals surface area contributed by atoms with Gasteiger partial charge < -0.3 is 5.32 Å². The molecule has 84 valence electrons. The average molecular weight is 345 g/mol. The molecule has 0 unspecified atom stereocenters. The predicted molar refractivity (Wildman–Crippen MR) is 72.4 cm³/mol. The lowest BCUT2D eigenvalue weighted by Crippen LogP contribution is -1.98. The van der Waals surface area contributed by atoms with Gasteiger partial charge in [-0.15, -0.1) is 0 Å². The van der Waals surface area contributed by atoms with Crippen molar-refractivity contribution in [2.75, 3.05) is 5.32 Å². The van der Waals surface area contributed by atoms with E-state index in [-0.39, 0.29) is 0 Å². The summed E-state index contributed by atoms with van der Waals surface area (Å²) in [4.78, 5) is 0. The van der Waals surface area contributed by atoms with Crippen LogP contribution in [0.4, 0.5) is 5.69 Å². The predicted octanol–water partition coefficient (Wildman–Crippen LogP) is 3.56. The van der Waals surface area contributed by atoms with Crippen LogP contribution >= 0.6 is 31.9 Å². The van der Waals surface area contributed by atoms with E-state index in [2.05, 4.69) is 54.4 Å². The average Bonchev–Trinajstić information content (AvgIpc) is 2.66. The lowest BCUT2D eigenvalue weighted by atomic mass is 10.2. The van der Waals surface area contributed by atoms with E-state index in [0.29, 0.717) is 0 Å². The molecule has 2 aromatic rings. The van der Waals surface area contributed by atoms with Crippen LogP contribution in [0.3, 0.4) is 0 Å². The second-order valence-corrected chi connectivity index (χ2v) is 5.21. The fourth-order valence-electron chi connectivity index (χ4n) is 1.37. The molecule has 0 aliphatic heterocycles. The first-order chi connectivity index (χ1) is 7.65. The van der Waals surface area contributed by atoms with E-state index < -0.39 is 0 Å². The first-order valence-electron chi connectivity index (χ1n) is 4.81. The number of nitrogens with zero attached hydrogens (tertiary/aromatic N) is 2. The lowest BCUT2D eigenvalue weighted by molar-refractivity contribution is 0.768. The standard InChI is InChI=1S/C11H11Br2N3/c1-16-7-9(6-15-16)14-5-8-2-3-10(12)11(13)4-8/h2-4,6-7,14H,5H2,1H3. The number of nitrogens with one attached hydrogen (secondary N) is 1. The molecule has 0 aliphatic rings. The minimum atomic E-state index is 0.789. The zero-order valence-electron chi connectivity index (χ0n) is 8.74. The topological polar surface area (TPSA) is 29.9 Å². The highest BCUT2D eigenvalue weighted by Gasteiger charge is 1.99. The van der Waals surface area contributed by atoms with Gasteiger partial charge in [-0.3, -0.25) is 4.68 Å². The maximum absolute atomic E-state index is 4.10. The molecule has 1 aromatic carbocycles. The van der Waals surface area contributed by atoms with Gasteiger partial charge >= 0.3 is 0 Å². The van der Waals surface area contributed by atoms with E-state index in [1.165, 1.54) is 5.56 Å². The maximum Gasteiger partial charge on any atom is 0.0729 e. The molecule has 0 saturated heterocycles. The first-order valence-corrected chi connectivity index (χ1v) is 6.40. The number of aromatic nitrogens is 2. The highest BCUT2D eigenvalue weighted by atomic mass is 79.9. The molecule has 1 N–H and O–H groups in total. The third kappa shape index (κ3) is 2.86. The molecule has 0 amide bonds. The number of hydrogen-bond acceptors (Lipinski definition) is 2. The van der Waals surface area contributed by atoms with Gasteiger partial charge in [0.05, 0.1) is 11.9 Å². The molecule has 5 heteroatoms. The summed E-state index contributed by atoms with van der Waals surface area (Å²) in [7, 11) is 1.90. The molecule has 2 rings (SSSR count). The lowest BCUT2D eigenvalue weighted by Gasteiger charge is -2.05. The fraction of sp³-hybridized carbons (Fsp3) is 0.182. The fourth-order valence-corrected chi connectivity index (χ4v) is 2.04. The van der Waals surface area contributed by atoms with Crippen molar-refractivity contribution < 1.29 is 0 Å². The summed E-state index contributed by atoms with van der Waals surface area (Å²) in [6, 6.07) is 6.20. The van der Waals surface area contributed by atoms with E-state index >= 15 is 0 Å². The molecule has 0 bridgehead atoms. The quantitative estimate of drug-likeness (QED) is 0.922. The van der Waals surface area contributed by atoms with Gasteiger partial charge in [0.1, 0.15) is 0 Å². The summed E-state index contributed by atoms with van der Waals surface area (Å²) in [5.41, 5.74) is 2.25. The van der Waals surface area contributed by atoms with Gasteiger partial charge in [-0.1, -0.05) is 6.07 Å². The molecule has 1 aromatic heterocycles. The van der Waals surface area contributed by atoms with Gasteiger partial charge in [0.25, 0.3) is 0 Å². The number of halogens is 2. The number of aryl methyl sites for hydroxylation is 1. The van der Waals surface area contributed by atoms with E-state index in [1.807, 2.05) is 25.5 Å². The summed E-state index contributed by atoms with van der Waals surface area (Å²) >= 11 is 6.93. The Hall–Kier alpha value is -0.810. The van der Waals surface area contributed by atoms with Crippen molar-refractivity contribution in [2.45, 2.75) is 6.54 Å².